The maximum atomic E-state index is 13.1. The van der Waals surface area contributed by atoms with Crippen LogP contribution in [0.3, 0.4) is 0 Å². The maximum Gasteiger partial charge on any atom is 0.416 e. The van der Waals surface area contributed by atoms with Crippen molar-refractivity contribution in [2.75, 3.05) is 22.6 Å². The van der Waals surface area contributed by atoms with E-state index in [-0.39, 0.29) is 28.0 Å². The second-order valence-corrected chi connectivity index (χ2v) is 6.81. The van der Waals surface area contributed by atoms with Gasteiger partial charge in [-0.15, -0.1) is 11.8 Å². The zero-order valence-corrected chi connectivity index (χ0v) is 16.9. The molecule has 0 saturated heterocycles. The van der Waals surface area contributed by atoms with Crippen molar-refractivity contribution >= 4 is 41.0 Å². The van der Waals surface area contributed by atoms with E-state index in [2.05, 4.69) is 20.6 Å². The first-order valence-corrected chi connectivity index (χ1v) is 9.58. The molecule has 0 fully saturated rings. The van der Waals surface area contributed by atoms with Crippen LogP contribution in [0.5, 0.6) is 0 Å². The van der Waals surface area contributed by atoms with Gasteiger partial charge in [0.1, 0.15) is 22.7 Å². The van der Waals surface area contributed by atoms with Crippen LogP contribution < -0.4 is 21.8 Å². The highest BCUT2D eigenvalue weighted by molar-refractivity contribution is 7.98. The SMILES string of the molecule is CSc1nc(N)nc(N[C@@H](C)C(=O)Nc2cc(C(=O)NO)cc(C(F)(F)F)c2)c1C#N. The summed E-state index contributed by atoms with van der Waals surface area (Å²) in [6.45, 7) is 1.38. The third-order valence-electron chi connectivity index (χ3n) is 3.84. The van der Waals surface area contributed by atoms with E-state index >= 15 is 0 Å². The first-order valence-electron chi connectivity index (χ1n) is 8.35. The number of nitriles is 1. The number of thioether (sulfide) groups is 1. The standard InChI is InChI=1S/C17H16F3N7O3S/c1-7(23-12-11(6-21)15(31-2)26-16(22)25-12)13(28)24-10-4-8(14(29)27-30)3-9(5-10)17(18,19)20/h3-5,7,30H,1-2H3,(H,24,28)(H,27,29)(H3,22,23,25,26)/t7-/m0/s1. The van der Waals surface area contributed by atoms with Crippen LogP contribution in [0.25, 0.3) is 0 Å². The van der Waals surface area contributed by atoms with E-state index in [1.54, 1.807) is 6.26 Å². The number of hydrogen-bond donors (Lipinski definition) is 5. The van der Waals surface area contributed by atoms with Crippen molar-refractivity contribution in [3.63, 3.8) is 0 Å². The Balaban J connectivity index is 2.31. The summed E-state index contributed by atoms with van der Waals surface area (Å²) in [5.74, 6) is -2.14. The lowest BCUT2D eigenvalue weighted by atomic mass is 10.1. The van der Waals surface area contributed by atoms with Gasteiger partial charge in [0.25, 0.3) is 5.91 Å². The van der Waals surface area contributed by atoms with Crippen molar-refractivity contribution in [1.82, 2.24) is 15.4 Å². The van der Waals surface area contributed by atoms with Crippen molar-refractivity contribution in [3.05, 3.63) is 34.9 Å². The molecule has 0 radical (unpaired) electrons. The Hall–Kier alpha value is -3.57. The molecule has 164 valence electrons. The molecule has 2 amide bonds. The summed E-state index contributed by atoms with van der Waals surface area (Å²) in [5.41, 5.74) is 4.82. The molecule has 1 aromatic carbocycles. The van der Waals surface area contributed by atoms with Gasteiger partial charge >= 0.3 is 6.18 Å². The van der Waals surface area contributed by atoms with Crippen molar-refractivity contribution in [3.8, 4) is 6.07 Å². The lowest BCUT2D eigenvalue weighted by Crippen LogP contribution is -2.33. The van der Waals surface area contributed by atoms with Gasteiger partial charge in [-0.25, -0.2) is 10.5 Å². The van der Waals surface area contributed by atoms with Crippen LogP contribution in [0.15, 0.2) is 23.2 Å². The number of carbonyl (C=O) groups excluding carboxylic acids is 2. The summed E-state index contributed by atoms with van der Waals surface area (Å²) in [6, 6.07) is 2.94. The highest BCUT2D eigenvalue weighted by atomic mass is 32.2. The number of nitrogens with two attached hydrogens (primary N) is 1. The Morgan fingerprint density at radius 1 is 1.29 bits per heavy atom. The van der Waals surface area contributed by atoms with Gasteiger partial charge in [0.2, 0.25) is 11.9 Å². The quantitative estimate of drug-likeness (QED) is 0.190. The number of alkyl halides is 3. The van der Waals surface area contributed by atoms with Crippen molar-refractivity contribution in [2.45, 2.75) is 24.2 Å². The zero-order chi connectivity index (χ0) is 23.3. The number of aromatic nitrogens is 2. The Kier molecular flexibility index (Phi) is 7.26. The summed E-state index contributed by atoms with van der Waals surface area (Å²) in [5, 5.41) is 23.2. The molecule has 6 N–H and O–H groups in total. The first-order chi connectivity index (χ1) is 14.5. The second-order valence-electron chi connectivity index (χ2n) is 6.02. The molecule has 1 heterocycles. The summed E-state index contributed by atoms with van der Waals surface area (Å²) in [4.78, 5) is 31.9. The van der Waals surface area contributed by atoms with Crippen molar-refractivity contribution in [2.24, 2.45) is 0 Å². The van der Waals surface area contributed by atoms with Gasteiger partial charge in [0.15, 0.2) is 5.82 Å². The minimum Gasteiger partial charge on any atom is -0.368 e. The van der Waals surface area contributed by atoms with Crippen molar-refractivity contribution in [1.29, 1.82) is 5.26 Å². The van der Waals surface area contributed by atoms with Gasteiger partial charge < -0.3 is 16.4 Å². The molecular formula is C17H16F3N7O3S. The molecule has 14 heteroatoms. The Bertz CT molecular complexity index is 1060. The van der Waals surface area contributed by atoms with Gasteiger partial charge in [-0.2, -0.15) is 23.4 Å². The number of amides is 2. The second kappa shape index (κ2) is 9.49. The van der Waals surface area contributed by atoms with E-state index in [0.29, 0.717) is 12.1 Å². The van der Waals surface area contributed by atoms with E-state index in [4.69, 9.17) is 10.9 Å². The Morgan fingerprint density at radius 3 is 2.52 bits per heavy atom. The minimum atomic E-state index is -4.80. The average molecular weight is 455 g/mol. The predicted molar refractivity (Wildman–Crippen MR) is 105 cm³/mol. The molecular weight excluding hydrogens is 439 g/mol. The van der Waals surface area contributed by atoms with Gasteiger partial charge in [-0.05, 0) is 31.4 Å². The molecule has 0 spiro atoms. The normalized spacial score (nSPS) is 11.9. The van der Waals surface area contributed by atoms with Gasteiger partial charge in [0.05, 0.1) is 5.56 Å². The van der Waals surface area contributed by atoms with Crippen molar-refractivity contribution < 1.29 is 28.0 Å². The number of halogens is 3. The number of nitrogens with zero attached hydrogens (tertiary/aromatic N) is 3. The maximum absolute atomic E-state index is 13.1. The molecule has 0 saturated carbocycles. The van der Waals surface area contributed by atoms with Gasteiger partial charge in [-0.1, -0.05) is 0 Å². The van der Waals surface area contributed by atoms with Crippen LogP contribution in [0.4, 0.5) is 30.6 Å². The summed E-state index contributed by atoms with van der Waals surface area (Å²) >= 11 is 1.14. The van der Waals surface area contributed by atoms with E-state index < -0.39 is 35.2 Å². The average Bonchev–Trinajstić information content (AvgIpc) is 2.71. The van der Waals surface area contributed by atoms with E-state index in [9.17, 15) is 28.0 Å². The molecule has 2 rings (SSSR count). The largest absolute Gasteiger partial charge is 0.416 e. The molecule has 0 aliphatic heterocycles. The molecule has 0 aliphatic rings. The number of carbonyl (C=O) groups is 2. The topological polar surface area (TPSA) is 166 Å². The minimum absolute atomic E-state index is 0.0219. The molecule has 10 nitrogen and oxygen atoms in total. The monoisotopic (exact) mass is 455 g/mol. The third kappa shape index (κ3) is 5.74. The highest BCUT2D eigenvalue weighted by Gasteiger charge is 2.32. The van der Waals surface area contributed by atoms with Gasteiger partial charge in [-0.3, -0.25) is 14.8 Å². The number of hydrogen-bond acceptors (Lipinski definition) is 9. The molecule has 31 heavy (non-hydrogen) atoms. The summed E-state index contributed by atoms with van der Waals surface area (Å²) < 4.78 is 39.3. The fraction of sp³-hybridized carbons (Fsp3) is 0.235. The predicted octanol–water partition coefficient (Wildman–Crippen LogP) is 2.23. The molecule has 1 aromatic heterocycles. The number of nitrogens with one attached hydrogen (secondary N) is 3. The van der Waals surface area contributed by atoms with E-state index in [1.807, 2.05) is 6.07 Å². The summed E-state index contributed by atoms with van der Waals surface area (Å²) in [6.07, 6.45) is -3.14. The zero-order valence-electron chi connectivity index (χ0n) is 16.0. The summed E-state index contributed by atoms with van der Waals surface area (Å²) in [7, 11) is 0. The number of hydroxylamine groups is 1. The van der Waals surface area contributed by atoms with Crippen LogP contribution in [0, 0.1) is 11.3 Å². The van der Waals surface area contributed by atoms with Crippen LogP contribution in [0.2, 0.25) is 0 Å². The van der Waals surface area contributed by atoms with Crippen LogP contribution in [-0.4, -0.2) is 39.3 Å². The molecule has 1 atom stereocenters. The number of anilines is 3. The number of benzene rings is 1. The van der Waals surface area contributed by atoms with Crippen LogP contribution in [-0.2, 0) is 11.0 Å². The lowest BCUT2D eigenvalue weighted by Gasteiger charge is -2.17. The molecule has 0 bridgehead atoms. The first kappa shape index (κ1) is 23.7. The number of rotatable bonds is 6. The Morgan fingerprint density at radius 2 is 1.97 bits per heavy atom. The van der Waals surface area contributed by atoms with Crippen LogP contribution >= 0.6 is 11.8 Å². The fourth-order valence-corrected chi connectivity index (χ4v) is 2.92. The van der Waals surface area contributed by atoms with Crippen LogP contribution in [0.1, 0.15) is 28.4 Å². The van der Waals surface area contributed by atoms with E-state index in [1.165, 1.54) is 12.4 Å². The smallest absolute Gasteiger partial charge is 0.368 e. The lowest BCUT2D eigenvalue weighted by molar-refractivity contribution is -0.137. The van der Waals surface area contributed by atoms with E-state index in [0.717, 1.165) is 17.8 Å². The molecule has 0 aliphatic carbocycles. The van der Waals surface area contributed by atoms with Gasteiger partial charge in [0, 0.05) is 11.3 Å². The Labute approximate surface area is 178 Å². The fourth-order valence-electron chi connectivity index (χ4n) is 2.39. The molecule has 0 unspecified atom stereocenters. The highest BCUT2D eigenvalue weighted by Crippen LogP contribution is 2.32. The number of nitrogen functional groups attached to an aromatic ring is 1. The third-order valence-corrected chi connectivity index (χ3v) is 4.52. The molecule has 2 aromatic rings.